The lowest BCUT2D eigenvalue weighted by molar-refractivity contribution is 0.631. The number of hydrogen-bond acceptors (Lipinski definition) is 3. The van der Waals surface area contributed by atoms with E-state index in [-0.39, 0.29) is 5.82 Å². The Hall–Kier alpha value is -1.62. The molecule has 0 fully saturated rings. The van der Waals surface area contributed by atoms with Gasteiger partial charge in [-0.15, -0.1) is 0 Å². The second kappa shape index (κ2) is 5.14. The third-order valence-corrected chi connectivity index (χ3v) is 2.69. The van der Waals surface area contributed by atoms with Crippen LogP contribution in [-0.4, -0.2) is 12.0 Å². The molecule has 3 nitrogen and oxygen atoms in total. The number of nitrogens with zero attached hydrogens (tertiary/aromatic N) is 1. The molecule has 2 N–H and O–H groups in total. The summed E-state index contributed by atoms with van der Waals surface area (Å²) in [5.74, 6) is 1.00. The van der Waals surface area contributed by atoms with Gasteiger partial charge in [-0.05, 0) is 30.3 Å². The molecule has 2 aromatic rings. The second-order valence-corrected chi connectivity index (χ2v) is 4.32. The van der Waals surface area contributed by atoms with Gasteiger partial charge in [0.1, 0.15) is 17.5 Å². The highest BCUT2D eigenvalue weighted by Crippen LogP contribution is 2.22. The van der Waals surface area contributed by atoms with Gasteiger partial charge in [-0.3, -0.25) is 0 Å². The minimum atomic E-state index is -0.323. The molecule has 17 heavy (non-hydrogen) atoms. The van der Waals surface area contributed by atoms with Crippen LogP contribution < -0.4 is 10.6 Å². The van der Waals surface area contributed by atoms with Crippen LogP contribution in [0.2, 0.25) is 0 Å². The average molecular weight is 296 g/mol. The standard InChI is InChI=1S/C12H11BrFN3/c1-15-11-3-2-4-12(17-11)16-10-6-5-8(13)7-9(10)14/h2-7H,1H3,(H2,15,16,17). The van der Waals surface area contributed by atoms with Crippen molar-refractivity contribution >= 4 is 33.3 Å². The Morgan fingerprint density at radius 3 is 2.65 bits per heavy atom. The van der Waals surface area contributed by atoms with Gasteiger partial charge in [0.05, 0.1) is 5.69 Å². The molecule has 0 unspecified atom stereocenters. The number of nitrogens with one attached hydrogen (secondary N) is 2. The van der Waals surface area contributed by atoms with Crippen LogP contribution in [0.25, 0.3) is 0 Å². The summed E-state index contributed by atoms with van der Waals surface area (Å²) in [6.45, 7) is 0. The van der Waals surface area contributed by atoms with Crippen LogP contribution >= 0.6 is 15.9 Å². The van der Waals surface area contributed by atoms with E-state index >= 15 is 0 Å². The summed E-state index contributed by atoms with van der Waals surface area (Å²) in [6, 6.07) is 10.3. The number of benzene rings is 1. The quantitative estimate of drug-likeness (QED) is 0.905. The predicted molar refractivity (Wildman–Crippen MR) is 71.2 cm³/mol. The maximum Gasteiger partial charge on any atom is 0.147 e. The SMILES string of the molecule is CNc1cccc(Nc2ccc(Br)cc2F)n1. The van der Waals surface area contributed by atoms with Gasteiger partial charge in [0, 0.05) is 11.5 Å². The summed E-state index contributed by atoms with van der Waals surface area (Å²) < 4.78 is 14.3. The zero-order chi connectivity index (χ0) is 12.3. The first-order chi connectivity index (χ1) is 8.19. The number of hydrogen-bond donors (Lipinski definition) is 2. The Morgan fingerprint density at radius 1 is 1.18 bits per heavy atom. The molecule has 0 aliphatic heterocycles. The van der Waals surface area contributed by atoms with E-state index in [9.17, 15) is 4.39 Å². The summed E-state index contributed by atoms with van der Waals surface area (Å²) in [5, 5.41) is 5.85. The van der Waals surface area contributed by atoms with E-state index in [0.29, 0.717) is 16.0 Å². The van der Waals surface area contributed by atoms with Crippen molar-refractivity contribution in [3.8, 4) is 0 Å². The maximum absolute atomic E-state index is 13.6. The molecule has 5 heteroatoms. The molecule has 88 valence electrons. The molecule has 0 bridgehead atoms. The topological polar surface area (TPSA) is 37.0 Å². The lowest BCUT2D eigenvalue weighted by Gasteiger charge is -2.08. The molecule has 1 aromatic heterocycles. The van der Waals surface area contributed by atoms with E-state index in [1.54, 1.807) is 25.2 Å². The molecule has 1 aromatic carbocycles. The van der Waals surface area contributed by atoms with E-state index in [4.69, 9.17) is 0 Å². The van der Waals surface area contributed by atoms with E-state index in [0.717, 1.165) is 5.82 Å². The first-order valence-corrected chi connectivity index (χ1v) is 5.85. The van der Waals surface area contributed by atoms with E-state index in [1.807, 2.05) is 12.1 Å². The van der Waals surface area contributed by atoms with Crippen molar-refractivity contribution in [2.45, 2.75) is 0 Å². The first kappa shape index (κ1) is 11.9. The largest absolute Gasteiger partial charge is 0.373 e. The molecule has 0 aliphatic carbocycles. The zero-order valence-electron chi connectivity index (χ0n) is 9.17. The molecule has 0 aliphatic rings. The Bertz CT molecular complexity index is 531. The van der Waals surface area contributed by atoms with Crippen LogP contribution in [-0.2, 0) is 0 Å². The number of aromatic nitrogens is 1. The highest BCUT2D eigenvalue weighted by atomic mass is 79.9. The van der Waals surface area contributed by atoms with Crippen LogP contribution in [0.4, 0.5) is 21.7 Å². The van der Waals surface area contributed by atoms with Gasteiger partial charge in [0.15, 0.2) is 0 Å². The highest BCUT2D eigenvalue weighted by molar-refractivity contribution is 9.10. The Balaban J connectivity index is 2.25. The van der Waals surface area contributed by atoms with Gasteiger partial charge < -0.3 is 10.6 Å². The van der Waals surface area contributed by atoms with Crippen molar-refractivity contribution in [2.24, 2.45) is 0 Å². The molecule has 1 heterocycles. The molecule has 0 atom stereocenters. The normalized spacial score (nSPS) is 10.1. The van der Waals surface area contributed by atoms with Gasteiger partial charge in [0.25, 0.3) is 0 Å². The molecule has 0 radical (unpaired) electrons. The number of pyridine rings is 1. The molecule has 2 rings (SSSR count). The Kier molecular flexibility index (Phi) is 3.58. The van der Waals surface area contributed by atoms with Crippen LogP contribution in [0.5, 0.6) is 0 Å². The van der Waals surface area contributed by atoms with Crippen LogP contribution in [0.3, 0.4) is 0 Å². The van der Waals surface area contributed by atoms with Crippen LogP contribution in [0.1, 0.15) is 0 Å². The van der Waals surface area contributed by atoms with Crippen molar-refractivity contribution in [1.82, 2.24) is 4.98 Å². The molecular formula is C12H11BrFN3. The fraction of sp³-hybridized carbons (Fsp3) is 0.0833. The van der Waals surface area contributed by atoms with Crippen molar-refractivity contribution in [3.05, 3.63) is 46.7 Å². The number of anilines is 3. The number of halogens is 2. The molecular weight excluding hydrogens is 285 g/mol. The lowest BCUT2D eigenvalue weighted by atomic mass is 10.3. The van der Waals surface area contributed by atoms with Crippen LogP contribution in [0.15, 0.2) is 40.9 Å². The highest BCUT2D eigenvalue weighted by Gasteiger charge is 2.03. The van der Waals surface area contributed by atoms with E-state index in [2.05, 4.69) is 31.5 Å². The smallest absolute Gasteiger partial charge is 0.147 e. The second-order valence-electron chi connectivity index (χ2n) is 3.41. The molecule has 0 spiro atoms. The Labute approximate surface area is 107 Å². The van der Waals surface area contributed by atoms with Crippen molar-refractivity contribution in [1.29, 1.82) is 0 Å². The van der Waals surface area contributed by atoms with Gasteiger partial charge >= 0.3 is 0 Å². The predicted octanol–water partition coefficient (Wildman–Crippen LogP) is 3.77. The third kappa shape index (κ3) is 2.94. The molecule has 0 amide bonds. The Morgan fingerprint density at radius 2 is 1.94 bits per heavy atom. The number of rotatable bonds is 3. The van der Waals surface area contributed by atoms with E-state index < -0.39 is 0 Å². The van der Waals surface area contributed by atoms with Crippen molar-refractivity contribution < 1.29 is 4.39 Å². The monoisotopic (exact) mass is 295 g/mol. The van der Waals surface area contributed by atoms with Crippen LogP contribution in [0, 0.1) is 5.82 Å². The van der Waals surface area contributed by atoms with Gasteiger partial charge in [-0.1, -0.05) is 22.0 Å². The summed E-state index contributed by atoms with van der Waals surface area (Å²) >= 11 is 3.21. The van der Waals surface area contributed by atoms with Gasteiger partial charge in [0.2, 0.25) is 0 Å². The fourth-order valence-electron chi connectivity index (χ4n) is 1.37. The summed E-state index contributed by atoms with van der Waals surface area (Å²) in [4.78, 5) is 4.25. The lowest BCUT2D eigenvalue weighted by Crippen LogP contribution is -1.98. The summed E-state index contributed by atoms with van der Waals surface area (Å²) in [7, 11) is 1.78. The fourth-order valence-corrected chi connectivity index (χ4v) is 1.71. The first-order valence-electron chi connectivity index (χ1n) is 5.06. The molecule has 0 saturated carbocycles. The van der Waals surface area contributed by atoms with Crippen molar-refractivity contribution in [2.75, 3.05) is 17.7 Å². The maximum atomic E-state index is 13.6. The van der Waals surface area contributed by atoms with Crippen molar-refractivity contribution in [3.63, 3.8) is 0 Å². The minimum absolute atomic E-state index is 0.323. The van der Waals surface area contributed by atoms with E-state index in [1.165, 1.54) is 6.07 Å². The summed E-state index contributed by atoms with van der Waals surface area (Å²) in [6.07, 6.45) is 0. The third-order valence-electron chi connectivity index (χ3n) is 2.20. The minimum Gasteiger partial charge on any atom is -0.373 e. The summed E-state index contributed by atoms with van der Waals surface area (Å²) in [5.41, 5.74) is 0.397. The van der Waals surface area contributed by atoms with Gasteiger partial charge in [-0.25, -0.2) is 9.37 Å². The average Bonchev–Trinajstić information content (AvgIpc) is 2.33. The zero-order valence-corrected chi connectivity index (χ0v) is 10.8. The van der Waals surface area contributed by atoms with Gasteiger partial charge in [-0.2, -0.15) is 0 Å². The molecule has 0 saturated heterocycles.